The van der Waals surface area contributed by atoms with E-state index in [2.05, 4.69) is 29.8 Å². The molecule has 26 heavy (non-hydrogen) atoms. The number of carbonyl (C=O) groups is 1. The molecule has 0 aliphatic carbocycles. The van der Waals surface area contributed by atoms with Gasteiger partial charge in [-0.15, -0.1) is 0 Å². The monoisotopic (exact) mass is 374 g/mol. The summed E-state index contributed by atoms with van der Waals surface area (Å²) >= 11 is 0. The van der Waals surface area contributed by atoms with Gasteiger partial charge in [0.1, 0.15) is 0 Å². The van der Waals surface area contributed by atoms with Gasteiger partial charge in [0.25, 0.3) is 0 Å². The van der Waals surface area contributed by atoms with Crippen LogP contribution in [0.1, 0.15) is 37.2 Å². The summed E-state index contributed by atoms with van der Waals surface area (Å²) < 4.78 is 25.8. The number of anilines is 1. The number of sulfone groups is 1. The number of amides is 1. The molecule has 0 bridgehead atoms. The molecule has 2 aromatic rings. The number of nitrogens with zero attached hydrogens (tertiary/aromatic N) is 1. The zero-order chi connectivity index (χ0) is 19.3. The van der Waals surface area contributed by atoms with Crippen molar-refractivity contribution in [2.24, 2.45) is 0 Å². The van der Waals surface area contributed by atoms with Crippen molar-refractivity contribution in [3.8, 4) is 0 Å². The van der Waals surface area contributed by atoms with Crippen molar-refractivity contribution in [3.05, 3.63) is 53.4 Å². The van der Waals surface area contributed by atoms with Gasteiger partial charge in [-0.1, -0.05) is 13.8 Å². The minimum atomic E-state index is -3.23. The summed E-state index contributed by atoms with van der Waals surface area (Å²) in [4.78, 5) is 12.4. The van der Waals surface area contributed by atoms with Crippen molar-refractivity contribution < 1.29 is 13.2 Å². The van der Waals surface area contributed by atoms with Gasteiger partial charge in [-0.2, -0.15) is 0 Å². The molecule has 5 nitrogen and oxygen atoms in total. The minimum Gasteiger partial charge on any atom is -0.349 e. The Balaban J connectivity index is 2.07. The van der Waals surface area contributed by atoms with Crippen LogP contribution in [0.25, 0.3) is 6.08 Å². The van der Waals surface area contributed by atoms with Gasteiger partial charge in [0, 0.05) is 29.7 Å². The molecular formula is C20H26N2O3S. The molecule has 1 amide bonds. The Morgan fingerprint density at radius 1 is 1.15 bits per heavy atom. The van der Waals surface area contributed by atoms with E-state index in [0.717, 1.165) is 24.2 Å². The van der Waals surface area contributed by atoms with Gasteiger partial charge in [-0.05, 0) is 62.2 Å². The van der Waals surface area contributed by atoms with Crippen molar-refractivity contribution in [1.29, 1.82) is 0 Å². The molecule has 1 N–H and O–H groups in total. The molecule has 0 radical (unpaired) electrons. The van der Waals surface area contributed by atoms with Gasteiger partial charge >= 0.3 is 0 Å². The smallest absolute Gasteiger partial charge is 0.248 e. The third kappa shape index (κ3) is 4.64. The third-order valence-electron chi connectivity index (χ3n) is 4.34. The fourth-order valence-corrected chi connectivity index (χ4v) is 3.71. The number of aryl methyl sites for hydroxylation is 1. The molecule has 1 aromatic carbocycles. The van der Waals surface area contributed by atoms with Crippen LogP contribution in [-0.4, -0.2) is 24.6 Å². The lowest BCUT2D eigenvalue weighted by Gasteiger charge is -2.07. The maximum Gasteiger partial charge on any atom is 0.248 e. The van der Waals surface area contributed by atoms with Gasteiger partial charge in [-0.3, -0.25) is 4.79 Å². The van der Waals surface area contributed by atoms with Crippen molar-refractivity contribution in [3.63, 3.8) is 0 Å². The highest BCUT2D eigenvalue weighted by atomic mass is 32.2. The molecule has 1 heterocycles. The topological polar surface area (TPSA) is 68.2 Å². The van der Waals surface area contributed by atoms with E-state index >= 15 is 0 Å². The maximum absolute atomic E-state index is 12.1. The van der Waals surface area contributed by atoms with E-state index < -0.39 is 9.84 Å². The summed E-state index contributed by atoms with van der Waals surface area (Å²) in [6.07, 6.45) is 4.36. The number of benzene rings is 1. The highest BCUT2D eigenvalue weighted by molar-refractivity contribution is 7.91. The summed E-state index contributed by atoms with van der Waals surface area (Å²) in [6.45, 7) is 8.82. The number of rotatable bonds is 7. The van der Waals surface area contributed by atoms with E-state index in [1.54, 1.807) is 25.1 Å². The SMILES string of the molecule is CCCn1c(C)cc(/C=C/C(=O)Nc2ccc(S(=O)(=O)CC)cc2)c1C. The molecule has 0 fully saturated rings. The number of hydrogen-bond donors (Lipinski definition) is 1. The van der Waals surface area contributed by atoms with E-state index in [-0.39, 0.29) is 16.6 Å². The molecule has 140 valence electrons. The number of aromatic nitrogens is 1. The summed E-state index contributed by atoms with van der Waals surface area (Å²) in [5.74, 6) is -0.200. The molecule has 0 aliphatic heterocycles. The first-order valence-electron chi connectivity index (χ1n) is 8.77. The Labute approximate surface area is 155 Å². The normalized spacial score (nSPS) is 11.8. The van der Waals surface area contributed by atoms with E-state index in [1.165, 1.54) is 23.9 Å². The first kappa shape index (κ1) is 20.0. The van der Waals surface area contributed by atoms with Crippen LogP contribution in [0.15, 0.2) is 41.3 Å². The van der Waals surface area contributed by atoms with Crippen LogP contribution in [0.4, 0.5) is 5.69 Å². The molecule has 0 atom stereocenters. The van der Waals surface area contributed by atoms with Gasteiger partial charge in [0.05, 0.1) is 10.6 Å². The molecule has 2 rings (SSSR count). The van der Waals surface area contributed by atoms with Crippen molar-refractivity contribution in [1.82, 2.24) is 4.57 Å². The molecule has 0 spiro atoms. The first-order chi connectivity index (χ1) is 12.3. The van der Waals surface area contributed by atoms with Crippen LogP contribution >= 0.6 is 0 Å². The summed E-state index contributed by atoms with van der Waals surface area (Å²) in [6, 6.07) is 8.29. The second-order valence-electron chi connectivity index (χ2n) is 6.23. The lowest BCUT2D eigenvalue weighted by atomic mass is 10.2. The fraction of sp³-hybridized carbons (Fsp3) is 0.350. The van der Waals surface area contributed by atoms with E-state index in [9.17, 15) is 13.2 Å². The van der Waals surface area contributed by atoms with Gasteiger partial charge in [0.2, 0.25) is 5.91 Å². The Kier molecular flexibility index (Phi) is 6.42. The predicted molar refractivity (Wildman–Crippen MR) is 106 cm³/mol. The van der Waals surface area contributed by atoms with Crippen molar-refractivity contribution in [2.75, 3.05) is 11.1 Å². The van der Waals surface area contributed by atoms with E-state index in [1.807, 2.05) is 6.92 Å². The molecule has 0 saturated carbocycles. The highest BCUT2D eigenvalue weighted by Gasteiger charge is 2.11. The van der Waals surface area contributed by atoms with Gasteiger partial charge in [0.15, 0.2) is 9.84 Å². The summed E-state index contributed by atoms with van der Waals surface area (Å²) in [5.41, 5.74) is 3.90. The molecule has 0 aliphatic rings. The number of nitrogens with one attached hydrogen (secondary N) is 1. The van der Waals surface area contributed by atoms with Crippen LogP contribution in [-0.2, 0) is 21.2 Å². The Morgan fingerprint density at radius 3 is 2.38 bits per heavy atom. The Hall–Kier alpha value is -2.34. The molecule has 6 heteroatoms. The zero-order valence-electron chi connectivity index (χ0n) is 15.7. The quantitative estimate of drug-likeness (QED) is 0.746. The van der Waals surface area contributed by atoms with Gasteiger partial charge < -0.3 is 9.88 Å². The van der Waals surface area contributed by atoms with Crippen molar-refractivity contribution in [2.45, 2.75) is 45.6 Å². The van der Waals surface area contributed by atoms with Crippen LogP contribution in [0.2, 0.25) is 0 Å². The Bertz CT molecular complexity index is 907. The highest BCUT2D eigenvalue weighted by Crippen LogP contribution is 2.18. The zero-order valence-corrected chi connectivity index (χ0v) is 16.6. The first-order valence-corrected chi connectivity index (χ1v) is 10.4. The lowest BCUT2D eigenvalue weighted by molar-refractivity contribution is -0.111. The van der Waals surface area contributed by atoms with Gasteiger partial charge in [-0.25, -0.2) is 8.42 Å². The van der Waals surface area contributed by atoms with Crippen LogP contribution in [0.3, 0.4) is 0 Å². The molecule has 1 aromatic heterocycles. The van der Waals surface area contributed by atoms with Crippen molar-refractivity contribution >= 4 is 27.5 Å². The largest absolute Gasteiger partial charge is 0.349 e. The number of carbonyl (C=O) groups excluding carboxylic acids is 1. The second kappa shape index (κ2) is 8.36. The second-order valence-corrected chi connectivity index (χ2v) is 8.51. The summed E-state index contributed by atoms with van der Waals surface area (Å²) in [5, 5.41) is 2.75. The van der Waals surface area contributed by atoms with E-state index in [4.69, 9.17) is 0 Å². The van der Waals surface area contributed by atoms with Crippen LogP contribution < -0.4 is 5.32 Å². The maximum atomic E-state index is 12.1. The molecular weight excluding hydrogens is 348 g/mol. The lowest BCUT2D eigenvalue weighted by Crippen LogP contribution is -2.08. The average molecular weight is 375 g/mol. The number of hydrogen-bond acceptors (Lipinski definition) is 3. The fourth-order valence-electron chi connectivity index (χ4n) is 2.83. The Morgan fingerprint density at radius 2 is 1.81 bits per heavy atom. The minimum absolute atomic E-state index is 0.0535. The van der Waals surface area contributed by atoms with E-state index in [0.29, 0.717) is 5.69 Å². The standard InChI is InChI=1S/C20H26N2O3S/c1-5-13-22-15(3)14-17(16(22)4)7-12-20(23)21-18-8-10-19(11-9-18)26(24,25)6-2/h7-12,14H,5-6,13H2,1-4H3,(H,21,23)/b12-7+. The molecule has 0 saturated heterocycles. The predicted octanol–water partition coefficient (Wildman–Crippen LogP) is 3.96. The average Bonchev–Trinajstić information content (AvgIpc) is 2.88. The third-order valence-corrected chi connectivity index (χ3v) is 6.09. The van der Waals surface area contributed by atoms with Crippen LogP contribution in [0, 0.1) is 13.8 Å². The molecule has 0 unspecified atom stereocenters. The van der Waals surface area contributed by atoms with Crippen LogP contribution in [0.5, 0.6) is 0 Å². The summed E-state index contributed by atoms with van der Waals surface area (Å²) in [7, 11) is -3.23.